The summed E-state index contributed by atoms with van der Waals surface area (Å²) in [6.07, 6.45) is 1.69. The van der Waals surface area contributed by atoms with Crippen molar-refractivity contribution >= 4 is 23.1 Å². The molecule has 0 aliphatic carbocycles. The van der Waals surface area contributed by atoms with Crippen molar-refractivity contribution in [1.82, 2.24) is 9.99 Å². The zero-order chi connectivity index (χ0) is 9.84. The van der Waals surface area contributed by atoms with Gasteiger partial charge in [-0.2, -0.15) is 5.10 Å². The molecule has 0 atom stereocenters. The molecule has 0 saturated heterocycles. The van der Waals surface area contributed by atoms with Gasteiger partial charge < -0.3 is 5.73 Å². The second-order valence-electron chi connectivity index (χ2n) is 2.41. The van der Waals surface area contributed by atoms with E-state index in [9.17, 15) is 4.79 Å². The van der Waals surface area contributed by atoms with Gasteiger partial charge in [0.15, 0.2) is 0 Å². The van der Waals surface area contributed by atoms with Crippen molar-refractivity contribution in [2.45, 2.75) is 6.92 Å². The molecule has 1 aromatic heterocycles. The number of hydrogen-bond acceptors (Lipinski definition) is 4. The number of carbonyl (C=O) groups excluding carboxylic acids is 1. The van der Waals surface area contributed by atoms with Gasteiger partial charge >= 0.3 is 6.03 Å². The Morgan fingerprint density at radius 1 is 1.77 bits per heavy atom. The molecule has 1 aromatic rings. The van der Waals surface area contributed by atoms with Crippen LogP contribution in [0.3, 0.4) is 0 Å². The molecule has 2 N–H and O–H groups in total. The molecule has 0 aliphatic rings. The predicted octanol–water partition coefficient (Wildman–Crippen LogP) is 0.878. The number of hydrogen-bond donors (Lipinski definition) is 1. The van der Waals surface area contributed by atoms with Crippen molar-refractivity contribution < 1.29 is 4.79 Å². The van der Waals surface area contributed by atoms with Crippen LogP contribution in [0.5, 0.6) is 0 Å². The molecule has 1 rings (SSSR count). The van der Waals surface area contributed by atoms with Crippen LogP contribution in [0.25, 0.3) is 0 Å². The van der Waals surface area contributed by atoms with E-state index in [0.717, 1.165) is 15.6 Å². The van der Waals surface area contributed by atoms with E-state index in [1.165, 1.54) is 18.4 Å². The summed E-state index contributed by atoms with van der Waals surface area (Å²) in [5, 5.41) is 5.06. The maximum absolute atomic E-state index is 10.6. The molecule has 0 fully saturated rings. The van der Waals surface area contributed by atoms with Crippen LogP contribution in [0.15, 0.2) is 16.8 Å². The van der Waals surface area contributed by atoms with E-state index >= 15 is 0 Å². The Kier molecular flexibility index (Phi) is 2.97. The van der Waals surface area contributed by atoms with Gasteiger partial charge in [0.05, 0.1) is 16.1 Å². The highest BCUT2D eigenvalue weighted by atomic mass is 32.1. The molecule has 13 heavy (non-hydrogen) atoms. The standard InChI is InChI=1S/C7H10N4OS/c1-5(6-3-9-4-13-6)10-11(2)7(8)12/h3-4H,1-2H3,(H2,8,12)/b10-5+. The number of primary amides is 1. The fourth-order valence-corrected chi connectivity index (χ4v) is 1.29. The molecule has 6 heteroatoms. The molecular weight excluding hydrogens is 188 g/mol. The third-order valence-corrected chi connectivity index (χ3v) is 2.29. The van der Waals surface area contributed by atoms with Gasteiger partial charge in [-0.3, -0.25) is 4.98 Å². The monoisotopic (exact) mass is 198 g/mol. The van der Waals surface area contributed by atoms with Crippen LogP contribution in [0.1, 0.15) is 11.8 Å². The van der Waals surface area contributed by atoms with Crippen molar-refractivity contribution in [2.75, 3.05) is 7.05 Å². The fraction of sp³-hybridized carbons (Fsp3) is 0.286. The second-order valence-corrected chi connectivity index (χ2v) is 3.30. The first-order valence-electron chi connectivity index (χ1n) is 3.58. The number of thiazole rings is 1. The number of rotatable bonds is 2. The summed E-state index contributed by atoms with van der Waals surface area (Å²) < 4.78 is 0. The first kappa shape index (κ1) is 9.66. The minimum absolute atomic E-state index is 0.580. The Bertz CT molecular complexity index is 319. The summed E-state index contributed by atoms with van der Waals surface area (Å²) in [6.45, 7) is 1.80. The zero-order valence-electron chi connectivity index (χ0n) is 7.39. The summed E-state index contributed by atoms with van der Waals surface area (Å²) in [5.74, 6) is 0. The van der Waals surface area contributed by atoms with Gasteiger partial charge in [0.2, 0.25) is 0 Å². The van der Waals surface area contributed by atoms with Gasteiger partial charge in [-0.05, 0) is 6.92 Å². The predicted molar refractivity (Wildman–Crippen MR) is 51.7 cm³/mol. The normalized spacial score (nSPS) is 11.4. The second kappa shape index (κ2) is 3.99. The minimum atomic E-state index is -0.580. The molecule has 0 spiro atoms. The average Bonchev–Trinajstić information content (AvgIpc) is 2.55. The topological polar surface area (TPSA) is 71.6 Å². The van der Waals surface area contributed by atoms with Crippen molar-refractivity contribution in [3.05, 3.63) is 16.6 Å². The molecule has 0 unspecified atom stereocenters. The maximum Gasteiger partial charge on any atom is 0.334 e. The smallest absolute Gasteiger partial charge is 0.334 e. The van der Waals surface area contributed by atoms with Gasteiger partial charge in [0.1, 0.15) is 0 Å². The Morgan fingerprint density at radius 3 is 2.92 bits per heavy atom. The van der Waals surface area contributed by atoms with Gasteiger partial charge in [-0.25, -0.2) is 9.80 Å². The summed E-state index contributed by atoms with van der Waals surface area (Å²) in [6, 6.07) is -0.580. The Labute approximate surface area is 79.9 Å². The average molecular weight is 198 g/mol. The van der Waals surface area contributed by atoms with Crippen LogP contribution in [-0.2, 0) is 0 Å². The van der Waals surface area contributed by atoms with Gasteiger partial charge in [0, 0.05) is 13.2 Å². The maximum atomic E-state index is 10.6. The quantitative estimate of drug-likeness (QED) is 0.566. The molecule has 0 bridgehead atoms. The molecule has 5 nitrogen and oxygen atoms in total. The summed E-state index contributed by atoms with van der Waals surface area (Å²) in [5.41, 5.74) is 7.44. The number of hydrazone groups is 1. The number of urea groups is 1. The number of nitrogens with two attached hydrogens (primary N) is 1. The van der Waals surface area contributed by atoms with Crippen molar-refractivity contribution in [3.63, 3.8) is 0 Å². The number of amides is 2. The van der Waals surface area contributed by atoms with Crippen LogP contribution >= 0.6 is 11.3 Å². The van der Waals surface area contributed by atoms with E-state index in [4.69, 9.17) is 5.73 Å². The van der Waals surface area contributed by atoms with Gasteiger partial charge in [-0.1, -0.05) is 0 Å². The third kappa shape index (κ3) is 2.51. The van der Waals surface area contributed by atoms with Crippen LogP contribution < -0.4 is 5.73 Å². The lowest BCUT2D eigenvalue weighted by molar-refractivity contribution is 0.220. The highest BCUT2D eigenvalue weighted by Gasteiger charge is 2.03. The van der Waals surface area contributed by atoms with Crippen LogP contribution in [0, 0.1) is 0 Å². The van der Waals surface area contributed by atoms with Gasteiger partial charge in [0.25, 0.3) is 0 Å². The highest BCUT2D eigenvalue weighted by molar-refractivity contribution is 7.11. The molecule has 0 aliphatic heterocycles. The Balaban J connectivity index is 2.78. The third-order valence-electron chi connectivity index (χ3n) is 1.41. The first-order valence-corrected chi connectivity index (χ1v) is 4.46. The molecule has 0 aromatic carbocycles. The van der Waals surface area contributed by atoms with Gasteiger partial charge in [-0.15, -0.1) is 11.3 Å². The van der Waals surface area contributed by atoms with Crippen LogP contribution in [0.4, 0.5) is 4.79 Å². The molecule has 2 amide bonds. The lowest BCUT2D eigenvalue weighted by atomic mass is 10.4. The lowest BCUT2D eigenvalue weighted by Gasteiger charge is -2.07. The van der Waals surface area contributed by atoms with Crippen molar-refractivity contribution in [2.24, 2.45) is 10.8 Å². The molecule has 1 heterocycles. The highest BCUT2D eigenvalue weighted by Crippen LogP contribution is 2.07. The van der Waals surface area contributed by atoms with E-state index in [1.54, 1.807) is 18.6 Å². The minimum Gasteiger partial charge on any atom is -0.350 e. The van der Waals surface area contributed by atoms with Crippen LogP contribution in [0.2, 0.25) is 0 Å². The number of carbonyl (C=O) groups is 1. The largest absolute Gasteiger partial charge is 0.350 e. The number of aromatic nitrogens is 1. The molecule has 0 radical (unpaired) electrons. The molecular formula is C7H10N4OS. The van der Waals surface area contributed by atoms with E-state index in [0.29, 0.717) is 0 Å². The molecule has 0 saturated carbocycles. The number of nitrogens with zero attached hydrogens (tertiary/aromatic N) is 3. The fourth-order valence-electron chi connectivity index (χ4n) is 0.718. The Morgan fingerprint density at radius 2 is 2.46 bits per heavy atom. The zero-order valence-corrected chi connectivity index (χ0v) is 8.21. The van der Waals surface area contributed by atoms with E-state index in [-0.39, 0.29) is 0 Å². The van der Waals surface area contributed by atoms with E-state index < -0.39 is 6.03 Å². The SMILES string of the molecule is C/C(=N\N(C)C(N)=O)c1cncs1. The summed E-state index contributed by atoms with van der Waals surface area (Å²) >= 11 is 1.46. The summed E-state index contributed by atoms with van der Waals surface area (Å²) in [7, 11) is 1.51. The Hall–Kier alpha value is -1.43. The van der Waals surface area contributed by atoms with Crippen LogP contribution in [-0.4, -0.2) is 28.8 Å². The molecule has 70 valence electrons. The lowest BCUT2D eigenvalue weighted by Crippen LogP contribution is -2.28. The summed E-state index contributed by atoms with van der Waals surface area (Å²) in [4.78, 5) is 15.5. The first-order chi connectivity index (χ1) is 6.11. The van der Waals surface area contributed by atoms with E-state index in [2.05, 4.69) is 10.1 Å². The van der Waals surface area contributed by atoms with Crippen molar-refractivity contribution in [3.8, 4) is 0 Å². The van der Waals surface area contributed by atoms with E-state index in [1.807, 2.05) is 0 Å². The van der Waals surface area contributed by atoms with Crippen molar-refractivity contribution in [1.29, 1.82) is 0 Å².